The number of hydrogen-bond donors (Lipinski definition) is 0. The summed E-state index contributed by atoms with van der Waals surface area (Å²) in [6, 6.07) is 106. The van der Waals surface area contributed by atoms with E-state index in [0.717, 1.165) is 117 Å². The minimum absolute atomic E-state index is 0.0497. The van der Waals surface area contributed by atoms with Gasteiger partial charge in [-0.1, -0.05) is 327 Å². The molecule has 4 aliphatic carbocycles. The molecule has 21 rings (SSSR count). The van der Waals surface area contributed by atoms with E-state index in [1.54, 1.807) is 12.1 Å². The summed E-state index contributed by atoms with van der Waals surface area (Å²) in [4.78, 5) is 11.2. The maximum Gasteiger partial charge on any atom is 0.416 e. The Morgan fingerprint density at radius 1 is 0.348 bits per heavy atom. The highest BCUT2D eigenvalue weighted by molar-refractivity contribution is 6.24. The summed E-state index contributed by atoms with van der Waals surface area (Å²) < 4.78 is 42.4. The summed E-state index contributed by atoms with van der Waals surface area (Å²) in [6.45, 7) is 14.3. The molecule has 0 aliphatic heterocycles. The third kappa shape index (κ3) is 10.3. The number of benzene rings is 16. The van der Waals surface area contributed by atoms with Crippen molar-refractivity contribution in [2.75, 3.05) is 0 Å². The second-order valence-electron chi connectivity index (χ2n) is 32.7. The Morgan fingerprint density at radius 2 is 0.866 bits per heavy atom. The first kappa shape index (κ1) is 67.3. The summed E-state index contributed by atoms with van der Waals surface area (Å²) in [5.41, 5.74) is 29.7. The van der Waals surface area contributed by atoms with Crippen molar-refractivity contribution in [2.24, 2.45) is 5.41 Å². The fraction of sp³-hybridized carbons (Fsp3) is 0.121. The van der Waals surface area contributed by atoms with Crippen LogP contribution < -0.4 is 0 Å². The minimum atomic E-state index is -4.45. The molecule has 0 spiro atoms. The van der Waals surface area contributed by atoms with Crippen molar-refractivity contribution in [1.82, 2.24) is 9.97 Å². The highest BCUT2D eigenvalue weighted by Crippen LogP contribution is 2.62. The van der Waals surface area contributed by atoms with Gasteiger partial charge in [0.1, 0.15) is 0 Å². The van der Waals surface area contributed by atoms with Gasteiger partial charge >= 0.3 is 6.18 Å². The normalized spacial score (nSPS) is 17.0. The predicted molar refractivity (Wildman–Crippen MR) is 463 cm³/mol. The maximum absolute atomic E-state index is 14.1. The molecule has 0 saturated carbocycles. The van der Waals surface area contributed by atoms with Crippen LogP contribution in [0.3, 0.4) is 0 Å². The molecule has 1 aromatic heterocycles. The quantitative estimate of drug-likeness (QED) is 0.135. The Hall–Kier alpha value is -12.8. The van der Waals surface area contributed by atoms with Gasteiger partial charge in [-0.2, -0.15) is 13.2 Å². The van der Waals surface area contributed by atoms with E-state index in [-0.39, 0.29) is 16.2 Å². The van der Waals surface area contributed by atoms with Crippen molar-refractivity contribution in [3.63, 3.8) is 0 Å². The van der Waals surface area contributed by atoms with Gasteiger partial charge in [0, 0.05) is 27.9 Å². The molecule has 5 heteroatoms. The average molecular weight is 1450 g/mol. The molecule has 0 bridgehead atoms. The molecule has 536 valence electrons. The van der Waals surface area contributed by atoms with Crippen LogP contribution in [0, 0.1) is 5.41 Å². The number of halogens is 3. The van der Waals surface area contributed by atoms with Crippen LogP contribution >= 0.6 is 0 Å². The van der Waals surface area contributed by atoms with Gasteiger partial charge in [-0.15, -0.1) is 0 Å². The van der Waals surface area contributed by atoms with E-state index in [1.165, 1.54) is 111 Å². The molecule has 0 radical (unpaired) electrons. The Bertz CT molecular complexity index is 6960. The SMILES string of the molecule is CC1CC=Cc2c(-c3ccc4c(-c5ccc(C(F)(F)F)cc5)c5ccccc5c(-c5ccc6c(c5)C(C)(C)c5ccc(-c7ccc(-c8nc9ccc(-c%10c%11ccccc%11c(-c%11ccc%12c(c%11)C(C)(C)C%11(C)C=CC=CC%12%11)c%11cc(-c%12cccc%13ccccc%12%13)ccc%10%11)cc9nc8-c8ccccc8)cc7)cc5-6)c4c3)cccc21. The fourth-order valence-electron chi connectivity index (χ4n) is 19.9. The van der Waals surface area contributed by atoms with Crippen LogP contribution in [0.25, 0.3) is 183 Å². The molecule has 112 heavy (non-hydrogen) atoms. The van der Waals surface area contributed by atoms with Gasteiger partial charge in [-0.05, 0) is 243 Å². The second-order valence-corrected chi connectivity index (χ2v) is 32.7. The summed E-state index contributed by atoms with van der Waals surface area (Å²) >= 11 is 0. The molecular formula is C107H77F3N2. The van der Waals surface area contributed by atoms with Crippen LogP contribution in [0.15, 0.2) is 328 Å². The number of allylic oxidation sites excluding steroid dienone is 5. The van der Waals surface area contributed by atoms with Crippen molar-refractivity contribution in [3.8, 4) is 112 Å². The molecule has 16 aromatic carbocycles. The molecular weight excluding hydrogens is 1370 g/mol. The zero-order chi connectivity index (χ0) is 75.7. The maximum atomic E-state index is 14.1. The van der Waals surface area contributed by atoms with Crippen molar-refractivity contribution in [3.05, 3.63) is 367 Å². The lowest BCUT2D eigenvalue weighted by atomic mass is 9.62. The lowest BCUT2D eigenvalue weighted by Gasteiger charge is -2.41. The van der Waals surface area contributed by atoms with Crippen LogP contribution in [-0.4, -0.2) is 9.97 Å². The molecule has 3 unspecified atom stereocenters. The van der Waals surface area contributed by atoms with Gasteiger partial charge in [0.05, 0.1) is 28.0 Å². The standard InChI is InChI=1S/C107H77F3N2/c1-63-21-18-34-80-76(63)31-20-33-79(80)71-43-51-86-90(59-71)100(84-29-14-12-27-82(84)98(86)66-40-48-75(49-41-66)107(108,109)110)72-44-50-81-89-57-69(46-54-92(89)104(2,3)94(81)60-72)64-36-38-68(39-37-64)103-102(67-23-8-7-9-24-67)112-97-62-74(47-55-96(97)111-103)99-83-28-13-15-30-85(83)101(73-45-53-88-93-35-16-17-56-106(93,6)105(4,5)95(88)61-73)91-58-70(42-52-87(91)99)78-32-19-25-65-22-10-11-26-77(65)78/h7-20,22-63,93H,21H2,1-6H3. The summed E-state index contributed by atoms with van der Waals surface area (Å²) in [5, 5.41) is 11.2. The predicted octanol–water partition coefficient (Wildman–Crippen LogP) is 29.8. The van der Waals surface area contributed by atoms with Gasteiger partial charge < -0.3 is 0 Å². The van der Waals surface area contributed by atoms with Gasteiger partial charge in [0.2, 0.25) is 0 Å². The van der Waals surface area contributed by atoms with E-state index in [1.807, 2.05) is 6.07 Å². The smallest absolute Gasteiger partial charge is 0.244 e. The number of aromatic nitrogens is 2. The zero-order valence-electron chi connectivity index (χ0n) is 63.1. The summed E-state index contributed by atoms with van der Waals surface area (Å²) in [6.07, 6.45) is 10.4. The van der Waals surface area contributed by atoms with E-state index >= 15 is 0 Å². The average Bonchev–Trinajstić information content (AvgIpc) is 1.56. The first-order valence-electron chi connectivity index (χ1n) is 39.2. The number of rotatable bonds is 9. The van der Waals surface area contributed by atoms with Gasteiger partial charge in [0.15, 0.2) is 0 Å². The van der Waals surface area contributed by atoms with Gasteiger partial charge in [0.25, 0.3) is 0 Å². The largest absolute Gasteiger partial charge is 0.416 e. The first-order chi connectivity index (χ1) is 54.4. The zero-order valence-corrected chi connectivity index (χ0v) is 63.1. The number of nitrogens with zero attached hydrogens (tertiary/aromatic N) is 2. The van der Waals surface area contributed by atoms with E-state index in [9.17, 15) is 13.2 Å². The van der Waals surface area contributed by atoms with E-state index < -0.39 is 11.7 Å². The summed E-state index contributed by atoms with van der Waals surface area (Å²) in [7, 11) is 0. The Morgan fingerprint density at radius 3 is 1.56 bits per heavy atom. The van der Waals surface area contributed by atoms with Crippen LogP contribution in [-0.2, 0) is 17.0 Å². The van der Waals surface area contributed by atoms with Crippen LogP contribution in [0.2, 0.25) is 0 Å². The van der Waals surface area contributed by atoms with Crippen LogP contribution in [0.1, 0.15) is 98.7 Å². The Kier molecular flexibility index (Phi) is 15.1. The molecule has 17 aromatic rings. The lowest BCUT2D eigenvalue weighted by Crippen LogP contribution is -2.36. The van der Waals surface area contributed by atoms with Gasteiger partial charge in [-0.25, -0.2) is 9.97 Å². The minimum Gasteiger partial charge on any atom is -0.244 e. The lowest BCUT2D eigenvalue weighted by molar-refractivity contribution is -0.137. The third-order valence-electron chi connectivity index (χ3n) is 26.1. The first-order valence-corrected chi connectivity index (χ1v) is 39.2. The van der Waals surface area contributed by atoms with Crippen molar-refractivity contribution >= 4 is 71.0 Å². The molecule has 0 amide bonds. The molecule has 0 saturated heterocycles. The van der Waals surface area contributed by atoms with Crippen molar-refractivity contribution in [2.45, 2.75) is 76.8 Å². The van der Waals surface area contributed by atoms with Crippen LogP contribution in [0.5, 0.6) is 0 Å². The number of alkyl halides is 3. The molecule has 4 aliphatic rings. The second kappa shape index (κ2) is 25.1. The summed E-state index contributed by atoms with van der Waals surface area (Å²) in [5.74, 6) is 0.699. The van der Waals surface area contributed by atoms with E-state index in [4.69, 9.17) is 9.97 Å². The Labute approximate surface area is 650 Å². The number of hydrogen-bond acceptors (Lipinski definition) is 2. The number of fused-ring (bicyclic) bond motifs is 13. The van der Waals surface area contributed by atoms with Crippen molar-refractivity contribution < 1.29 is 13.2 Å². The third-order valence-corrected chi connectivity index (χ3v) is 26.1. The van der Waals surface area contributed by atoms with Gasteiger partial charge in [-0.3, -0.25) is 0 Å². The van der Waals surface area contributed by atoms with Crippen LogP contribution in [0.4, 0.5) is 13.2 Å². The molecule has 2 nitrogen and oxygen atoms in total. The topological polar surface area (TPSA) is 25.8 Å². The molecule has 1 heterocycles. The molecule has 3 atom stereocenters. The highest BCUT2D eigenvalue weighted by Gasteiger charge is 2.53. The monoisotopic (exact) mass is 1450 g/mol. The molecule has 0 fully saturated rings. The highest BCUT2D eigenvalue weighted by atomic mass is 19.4. The fourth-order valence-corrected chi connectivity index (χ4v) is 19.9. The molecule has 0 N–H and O–H groups in total. The van der Waals surface area contributed by atoms with Crippen molar-refractivity contribution in [1.29, 1.82) is 0 Å². The Balaban J connectivity index is 0.659. The van der Waals surface area contributed by atoms with E-state index in [2.05, 4.69) is 345 Å². The van der Waals surface area contributed by atoms with E-state index in [0.29, 0.717) is 11.8 Å².